The van der Waals surface area contributed by atoms with Gasteiger partial charge in [0.25, 0.3) is 0 Å². The molecule has 2 rings (SSSR count). The molecule has 1 saturated heterocycles. The minimum Gasteiger partial charge on any atom is -0.370 e. The lowest BCUT2D eigenvalue weighted by Gasteiger charge is -2.35. The average molecular weight is 341 g/mol. The van der Waals surface area contributed by atoms with Crippen LogP contribution in [0, 0.1) is 0 Å². The van der Waals surface area contributed by atoms with Gasteiger partial charge in [-0.1, -0.05) is 0 Å². The van der Waals surface area contributed by atoms with E-state index < -0.39 is 10.0 Å². The van der Waals surface area contributed by atoms with Crippen molar-refractivity contribution in [2.45, 2.75) is 0 Å². The van der Waals surface area contributed by atoms with Crippen LogP contribution in [0.5, 0.6) is 0 Å². The molecule has 0 saturated carbocycles. The first-order valence-corrected chi connectivity index (χ1v) is 8.98. The van der Waals surface area contributed by atoms with Crippen LogP contribution >= 0.6 is 0 Å². The smallest absolute Gasteiger partial charge is 0.225 e. The molecule has 0 unspecified atom stereocenters. The number of hydrogen-bond donors (Lipinski definition) is 1. The van der Waals surface area contributed by atoms with Crippen molar-refractivity contribution in [2.75, 3.05) is 57.5 Å². The summed E-state index contributed by atoms with van der Waals surface area (Å²) >= 11 is 0. The molecule has 1 fully saturated rings. The molecule has 0 radical (unpaired) electrons. The van der Waals surface area contributed by atoms with Crippen molar-refractivity contribution in [1.82, 2.24) is 19.2 Å². The summed E-state index contributed by atoms with van der Waals surface area (Å²) in [6.45, 7) is 3.06. The second-order valence-corrected chi connectivity index (χ2v) is 7.66. The van der Waals surface area contributed by atoms with E-state index >= 15 is 0 Å². The first-order valence-electron chi connectivity index (χ1n) is 7.37. The van der Waals surface area contributed by atoms with Crippen molar-refractivity contribution >= 4 is 21.9 Å². The van der Waals surface area contributed by atoms with Gasteiger partial charge >= 0.3 is 0 Å². The Hall–Kier alpha value is -1.94. The molecule has 2 heterocycles. The van der Waals surface area contributed by atoms with Gasteiger partial charge in [-0.05, 0) is 6.07 Å². The predicted molar refractivity (Wildman–Crippen MR) is 89.8 cm³/mol. The van der Waals surface area contributed by atoms with E-state index in [1.165, 1.54) is 18.4 Å². The lowest BCUT2D eigenvalue weighted by Crippen LogP contribution is -2.51. The van der Waals surface area contributed by atoms with E-state index in [2.05, 4.69) is 19.9 Å². The Kier molecular flexibility index (Phi) is 5.72. The van der Waals surface area contributed by atoms with Crippen molar-refractivity contribution in [3.63, 3.8) is 0 Å². The number of rotatable bonds is 5. The van der Waals surface area contributed by atoms with Gasteiger partial charge in [-0.15, -0.1) is 0 Å². The number of piperazine rings is 1. The maximum absolute atomic E-state index is 11.7. The normalized spacial score (nSPS) is 16.9. The third kappa shape index (κ3) is 4.76. The monoisotopic (exact) mass is 341 g/mol. The fourth-order valence-electron chi connectivity index (χ4n) is 2.15. The number of sulfonamides is 1. The number of guanidine groups is 1. The Morgan fingerprint density at radius 2 is 1.87 bits per heavy atom. The maximum atomic E-state index is 11.7. The van der Waals surface area contributed by atoms with Gasteiger partial charge in [-0.3, -0.25) is 4.99 Å². The van der Waals surface area contributed by atoms with Gasteiger partial charge in [0, 0.05) is 52.7 Å². The van der Waals surface area contributed by atoms with Crippen LogP contribution in [0.2, 0.25) is 0 Å². The van der Waals surface area contributed by atoms with E-state index in [-0.39, 0.29) is 12.3 Å². The average Bonchev–Trinajstić information content (AvgIpc) is 2.55. The molecule has 0 aliphatic carbocycles. The van der Waals surface area contributed by atoms with E-state index in [0.29, 0.717) is 25.0 Å². The van der Waals surface area contributed by atoms with Crippen LogP contribution in [-0.2, 0) is 10.0 Å². The quantitative estimate of drug-likeness (QED) is 0.529. The molecular weight excluding hydrogens is 318 g/mol. The Bertz CT molecular complexity index is 625. The Morgan fingerprint density at radius 1 is 1.26 bits per heavy atom. The third-order valence-corrected chi connectivity index (χ3v) is 5.43. The van der Waals surface area contributed by atoms with E-state index in [4.69, 9.17) is 5.73 Å². The van der Waals surface area contributed by atoms with Crippen LogP contribution < -0.4 is 10.6 Å². The summed E-state index contributed by atoms with van der Waals surface area (Å²) < 4.78 is 24.5. The van der Waals surface area contributed by atoms with Crippen LogP contribution in [0.1, 0.15) is 0 Å². The summed E-state index contributed by atoms with van der Waals surface area (Å²) in [5.74, 6) is 1.05. The molecule has 1 aliphatic heterocycles. The van der Waals surface area contributed by atoms with E-state index in [0.717, 1.165) is 13.1 Å². The Morgan fingerprint density at radius 3 is 2.43 bits per heavy atom. The van der Waals surface area contributed by atoms with Crippen LogP contribution in [0.3, 0.4) is 0 Å². The topological polar surface area (TPSA) is 108 Å². The van der Waals surface area contributed by atoms with Crippen LogP contribution in [0.25, 0.3) is 0 Å². The molecule has 0 amide bonds. The summed E-state index contributed by atoms with van der Waals surface area (Å²) in [6, 6.07) is 1.78. The van der Waals surface area contributed by atoms with Crippen molar-refractivity contribution in [2.24, 2.45) is 10.7 Å². The number of anilines is 1. The zero-order chi connectivity index (χ0) is 16.9. The Balaban J connectivity index is 1.84. The number of nitrogens with zero attached hydrogens (tertiary/aromatic N) is 6. The first-order chi connectivity index (χ1) is 10.9. The maximum Gasteiger partial charge on any atom is 0.225 e. The standard InChI is InChI=1S/C13H23N7O2S/c1-18(2)23(21,22)11-6-15-12(14)19-7-9-20(10-8-19)13-16-4-3-5-17-13/h3-5H,6-11H2,1-2H3,(H2,14,15). The molecule has 23 heavy (non-hydrogen) atoms. The Labute approximate surface area is 136 Å². The molecule has 10 heteroatoms. The highest BCUT2D eigenvalue weighted by Gasteiger charge is 2.20. The van der Waals surface area contributed by atoms with Crippen molar-refractivity contribution in [3.05, 3.63) is 18.5 Å². The number of hydrogen-bond acceptors (Lipinski definition) is 6. The van der Waals surface area contributed by atoms with Gasteiger partial charge in [0.1, 0.15) is 0 Å². The van der Waals surface area contributed by atoms with Gasteiger partial charge < -0.3 is 15.5 Å². The molecule has 1 aromatic rings. The van der Waals surface area contributed by atoms with Gasteiger partial charge in [-0.2, -0.15) is 0 Å². The van der Waals surface area contributed by atoms with Crippen molar-refractivity contribution < 1.29 is 8.42 Å². The first kappa shape index (κ1) is 17.4. The van der Waals surface area contributed by atoms with Gasteiger partial charge in [0.05, 0.1) is 12.3 Å². The van der Waals surface area contributed by atoms with Crippen molar-refractivity contribution in [1.29, 1.82) is 0 Å². The van der Waals surface area contributed by atoms with E-state index in [9.17, 15) is 8.42 Å². The molecule has 1 aromatic heterocycles. The summed E-state index contributed by atoms with van der Waals surface area (Å²) in [4.78, 5) is 16.7. The molecule has 0 aromatic carbocycles. The van der Waals surface area contributed by atoms with E-state index in [1.807, 2.05) is 4.90 Å². The second kappa shape index (κ2) is 7.55. The zero-order valence-corrected chi connectivity index (χ0v) is 14.3. The van der Waals surface area contributed by atoms with Crippen LogP contribution in [0.4, 0.5) is 5.95 Å². The highest BCUT2D eigenvalue weighted by atomic mass is 32.2. The molecule has 1 aliphatic rings. The lowest BCUT2D eigenvalue weighted by atomic mass is 10.3. The summed E-state index contributed by atoms with van der Waals surface area (Å²) in [7, 11) is -0.228. The minimum absolute atomic E-state index is 0.0431. The number of aromatic nitrogens is 2. The molecule has 0 spiro atoms. The lowest BCUT2D eigenvalue weighted by molar-refractivity contribution is 0.378. The van der Waals surface area contributed by atoms with Gasteiger partial charge in [-0.25, -0.2) is 22.7 Å². The summed E-state index contributed by atoms with van der Waals surface area (Å²) in [6.07, 6.45) is 3.44. The molecular formula is C13H23N7O2S. The number of aliphatic imine (C=N–C) groups is 1. The van der Waals surface area contributed by atoms with Gasteiger partial charge in [0.15, 0.2) is 5.96 Å². The van der Waals surface area contributed by atoms with Crippen LogP contribution in [-0.4, -0.2) is 86.1 Å². The van der Waals surface area contributed by atoms with Crippen LogP contribution in [0.15, 0.2) is 23.5 Å². The highest BCUT2D eigenvalue weighted by molar-refractivity contribution is 7.89. The summed E-state index contributed by atoms with van der Waals surface area (Å²) in [5, 5.41) is 0. The number of nitrogens with two attached hydrogens (primary N) is 1. The molecule has 2 N–H and O–H groups in total. The van der Waals surface area contributed by atoms with Crippen molar-refractivity contribution in [3.8, 4) is 0 Å². The molecule has 0 atom stereocenters. The third-order valence-electron chi connectivity index (χ3n) is 3.62. The fraction of sp³-hybridized carbons (Fsp3) is 0.615. The largest absolute Gasteiger partial charge is 0.370 e. The second-order valence-electron chi connectivity index (χ2n) is 5.36. The predicted octanol–water partition coefficient (Wildman–Crippen LogP) is -1.20. The van der Waals surface area contributed by atoms with E-state index in [1.54, 1.807) is 18.5 Å². The minimum atomic E-state index is -3.24. The fourth-order valence-corrected chi connectivity index (χ4v) is 2.84. The SMILES string of the molecule is CN(C)S(=O)(=O)CCN=C(N)N1CCN(c2ncccn2)CC1. The zero-order valence-electron chi connectivity index (χ0n) is 13.5. The molecule has 0 bridgehead atoms. The van der Waals surface area contributed by atoms with Gasteiger partial charge in [0.2, 0.25) is 16.0 Å². The molecule has 9 nitrogen and oxygen atoms in total. The molecule has 128 valence electrons. The summed E-state index contributed by atoms with van der Waals surface area (Å²) in [5.41, 5.74) is 5.96. The highest BCUT2D eigenvalue weighted by Crippen LogP contribution is 2.09.